The summed E-state index contributed by atoms with van der Waals surface area (Å²) >= 11 is 4.17. The lowest BCUT2D eigenvalue weighted by atomic mass is 9.94. The minimum atomic E-state index is 0.742. The van der Waals surface area contributed by atoms with Gasteiger partial charge in [-0.3, -0.25) is 0 Å². The molecule has 1 saturated heterocycles. The molecule has 3 nitrogen and oxygen atoms in total. The number of ether oxygens (including phenoxy) is 1. The summed E-state index contributed by atoms with van der Waals surface area (Å²) in [6.45, 7) is 5.18. The lowest BCUT2D eigenvalue weighted by Crippen LogP contribution is -2.34. The second kappa shape index (κ2) is 9.94. The van der Waals surface area contributed by atoms with Crippen molar-refractivity contribution in [3.63, 3.8) is 0 Å². The molecule has 1 aliphatic heterocycles. The van der Waals surface area contributed by atoms with Gasteiger partial charge in [-0.05, 0) is 77.5 Å². The molecule has 0 N–H and O–H groups in total. The highest BCUT2D eigenvalue weighted by Gasteiger charge is 2.21. The van der Waals surface area contributed by atoms with E-state index >= 15 is 0 Å². The number of aromatic nitrogens is 1. The van der Waals surface area contributed by atoms with Crippen molar-refractivity contribution in [2.24, 2.45) is 5.92 Å². The van der Waals surface area contributed by atoms with E-state index < -0.39 is 0 Å². The van der Waals surface area contributed by atoms with Crippen molar-refractivity contribution < 1.29 is 4.74 Å². The number of nitrogens with zero attached hydrogens (tertiary/aromatic N) is 2. The Labute approximate surface area is 191 Å². The molecule has 0 radical (unpaired) electrons. The molecule has 5 heteroatoms. The molecular weight excluding hydrogens is 491 g/mol. The quantitative estimate of drug-likeness (QED) is 0.327. The van der Waals surface area contributed by atoms with Crippen LogP contribution in [-0.4, -0.2) is 24.7 Å². The van der Waals surface area contributed by atoms with Gasteiger partial charge < -0.3 is 9.64 Å². The number of aryl methyl sites for hydroxylation is 1. The zero-order valence-corrected chi connectivity index (χ0v) is 19.8. The lowest BCUT2D eigenvalue weighted by molar-refractivity contribution is 0.257. The SMILES string of the molecule is CCc1ccc(I)c(OCCC2CCN(c3ncc(-c4ccccc4)s3)CC2)c1. The van der Waals surface area contributed by atoms with Crippen LogP contribution in [0.15, 0.2) is 54.7 Å². The van der Waals surface area contributed by atoms with Crippen molar-refractivity contribution in [1.29, 1.82) is 0 Å². The number of rotatable bonds is 7. The Morgan fingerprint density at radius 3 is 2.69 bits per heavy atom. The number of piperidine rings is 1. The summed E-state index contributed by atoms with van der Waals surface area (Å²) in [5.74, 6) is 1.78. The fourth-order valence-electron chi connectivity index (χ4n) is 3.77. The van der Waals surface area contributed by atoms with E-state index in [0.29, 0.717) is 0 Å². The van der Waals surface area contributed by atoms with Crippen molar-refractivity contribution in [2.45, 2.75) is 32.6 Å². The maximum atomic E-state index is 6.11. The monoisotopic (exact) mass is 518 g/mol. The van der Waals surface area contributed by atoms with Crippen LogP contribution in [0.2, 0.25) is 0 Å². The third-order valence-corrected chi connectivity index (χ3v) is 7.62. The van der Waals surface area contributed by atoms with Gasteiger partial charge >= 0.3 is 0 Å². The van der Waals surface area contributed by atoms with E-state index in [4.69, 9.17) is 4.74 Å². The Morgan fingerprint density at radius 1 is 1.14 bits per heavy atom. The largest absolute Gasteiger partial charge is 0.492 e. The van der Waals surface area contributed by atoms with Gasteiger partial charge in [0.05, 0.1) is 15.1 Å². The van der Waals surface area contributed by atoms with Crippen LogP contribution in [0, 0.1) is 9.49 Å². The average Bonchev–Trinajstić information content (AvgIpc) is 3.26. The van der Waals surface area contributed by atoms with E-state index in [0.717, 1.165) is 49.3 Å². The lowest BCUT2D eigenvalue weighted by Gasteiger charge is -2.31. The van der Waals surface area contributed by atoms with Crippen LogP contribution in [0.25, 0.3) is 10.4 Å². The van der Waals surface area contributed by atoms with E-state index in [1.165, 1.54) is 32.4 Å². The smallest absolute Gasteiger partial charge is 0.185 e. The maximum Gasteiger partial charge on any atom is 0.185 e. The summed E-state index contributed by atoms with van der Waals surface area (Å²) in [5.41, 5.74) is 2.59. The molecule has 0 unspecified atom stereocenters. The molecule has 0 bridgehead atoms. The molecule has 1 aromatic heterocycles. The summed E-state index contributed by atoms with van der Waals surface area (Å²) in [5, 5.41) is 1.16. The molecule has 29 heavy (non-hydrogen) atoms. The van der Waals surface area contributed by atoms with Crippen LogP contribution in [0.5, 0.6) is 5.75 Å². The molecule has 0 saturated carbocycles. The molecule has 1 fully saturated rings. The fraction of sp³-hybridized carbons (Fsp3) is 0.375. The van der Waals surface area contributed by atoms with Crippen molar-refractivity contribution >= 4 is 39.1 Å². The average molecular weight is 518 g/mol. The number of halogens is 1. The van der Waals surface area contributed by atoms with Crippen LogP contribution in [-0.2, 0) is 6.42 Å². The van der Waals surface area contributed by atoms with Crippen LogP contribution < -0.4 is 9.64 Å². The molecule has 0 spiro atoms. The van der Waals surface area contributed by atoms with Crippen LogP contribution >= 0.6 is 33.9 Å². The number of hydrogen-bond donors (Lipinski definition) is 0. The summed E-state index contributed by atoms with van der Waals surface area (Å²) in [6.07, 6.45) is 6.63. The topological polar surface area (TPSA) is 25.4 Å². The van der Waals surface area contributed by atoms with E-state index in [2.05, 4.69) is 87.9 Å². The van der Waals surface area contributed by atoms with Crippen molar-refractivity contribution in [3.8, 4) is 16.2 Å². The summed E-state index contributed by atoms with van der Waals surface area (Å²) in [4.78, 5) is 8.38. The second-order valence-corrected chi connectivity index (χ2v) is 9.73. The van der Waals surface area contributed by atoms with Crippen molar-refractivity contribution in [3.05, 3.63) is 63.9 Å². The molecule has 3 aromatic rings. The van der Waals surface area contributed by atoms with Gasteiger partial charge in [0, 0.05) is 19.3 Å². The normalized spacial score (nSPS) is 14.9. The second-order valence-electron chi connectivity index (χ2n) is 7.56. The molecule has 2 heterocycles. The predicted molar refractivity (Wildman–Crippen MR) is 131 cm³/mol. The van der Waals surface area contributed by atoms with E-state index in [1.54, 1.807) is 11.3 Å². The van der Waals surface area contributed by atoms with Crippen molar-refractivity contribution in [1.82, 2.24) is 4.98 Å². The van der Waals surface area contributed by atoms with Gasteiger partial charge in [-0.25, -0.2) is 4.98 Å². The van der Waals surface area contributed by atoms with Gasteiger partial charge in [-0.15, -0.1) is 0 Å². The third kappa shape index (κ3) is 5.31. The molecule has 0 atom stereocenters. The minimum absolute atomic E-state index is 0.742. The summed E-state index contributed by atoms with van der Waals surface area (Å²) in [7, 11) is 0. The highest BCUT2D eigenvalue weighted by molar-refractivity contribution is 14.1. The first kappa shape index (κ1) is 20.7. The van der Waals surface area contributed by atoms with Gasteiger partial charge in [0.2, 0.25) is 0 Å². The highest BCUT2D eigenvalue weighted by atomic mass is 127. The molecule has 4 rings (SSSR count). The first-order chi connectivity index (χ1) is 14.2. The van der Waals surface area contributed by atoms with Gasteiger partial charge in [0.25, 0.3) is 0 Å². The molecule has 2 aromatic carbocycles. The Balaban J connectivity index is 1.25. The Kier molecular flexibility index (Phi) is 7.08. The predicted octanol–water partition coefficient (Wildman–Crippen LogP) is 6.66. The van der Waals surface area contributed by atoms with Gasteiger partial charge in [-0.2, -0.15) is 0 Å². The minimum Gasteiger partial charge on any atom is -0.492 e. The summed E-state index contributed by atoms with van der Waals surface area (Å²) in [6, 6.07) is 17.1. The zero-order valence-electron chi connectivity index (χ0n) is 16.8. The highest BCUT2D eigenvalue weighted by Crippen LogP contribution is 2.33. The molecule has 0 aliphatic carbocycles. The fourth-order valence-corrected chi connectivity index (χ4v) is 5.24. The van der Waals surface area contributed by atoms with Crippen LogP contribution in [0.4, 0.5) is 5.13 Å². The number of benzene rings is 2. The molecule has 0 amide bonds. The van der Waals surface area contributed by atoms with Gasteiger partial charge in [0.1, 0.15) is 5.75 Å². The Bertz CT molecular complexity index is 920. The summed E-state index contributed by atoms with van der Waals surface area (Å²) < 4.78 is 7.32. The first-order valence-electron chi connectivity index (χ1n) is 10.4. The zero-order chi connectivity index (χ0) is 20.1. The first-order valence-corrected chi connectivity index (χ1v) is 12.3. The standard InChI is InChI=1S/C24H27IN2OS/c1-2-18-8-9-21(25)22(16-18)28-15-12-19-10-13-27(14-11-19)24-26-17-23(29-24)20-6-4-3-5-7-20/h3-9,16-17,19H,2,10-15H2,1H3. The van der Waals surface area contributed by atoms with Crippen LogP contribution in [0.1, 0.15) is 31.7 Å². The molecular formula is C24H27IN2OS. The Hall–Kier alpha value is -1.60. The van der Waals surface area contributed by atoms with Gasteiger partial charge in [-0.1, -0.05) is 54.7 Å². The van der Waals surface area contributed by atoms with E-state index in [9.17, 15) is 0 Å². The number of thiazole rings is 1. The molecule has 1 aliphatic rings. The number of anilines is 1. The Morgan fingerprint density at radius 2 is 1.93 bits per heavy atom. The van der Waals surface area contributed by atoms with E-state index in [1.807, 2.05) is 6.20 Å². The van der Waals surface area contributed by atoms with Crippen LogP contribution in [0.3, 0.4) is 0 Å². The molecule has 152 valence electrons. The third-order valence-electron chi connectivity index (χ3n) is 5.62. The van der Waals surface area contributed by atoms with E-state index in [-0.39, 0.29) is 0 Å². The van der Waals surface area contributed by atoms with Crippen molar-refractivity contribution in [2.75, 3.05) is 24.6 Å². The number of hydrogen-bond acceptors (Lipinski definition) is 4. The van der Waals surface area contributed by atoms with Gasteiger partial charge in [0.15, 0.2) is 5.13 Å². The maximum absolute atomic E-state index is 6.11.